The Morgan fingerprint density at radius 2 is 2.04 bits per heavy atom. The van der Waals surface area contributed by atoms with Crippen molar-refractivity contribution in [2.24, 2.45) is 10.9 Å². The molecule has 0 spiro atoms. The van der Waals surface area contributed by atoms with E-state index < -0.39 is 15.8 Å². The lowest BCUT2D eigenvalue weighted by atomic mass is 10.2. The fourth-order valence-electron chi connectivity index (χ4n) is 2.33. The molecule has 1 aliphatic rings. The largest absolute Gasteiger partial charge is 0.381 e. The third-order valence-electron chi connectivity index (χ3n) is 4.14. The Morgan fingerprint density at radius 1 is 1.30 bits per heavy atom. The summed E-state index contributed by atoms with van der Waals surface area (Å²) in [5.41, 5.74) is 0.680. The third-order valence-corrected chi connectivity index (χ3v) is 5.43. The molecule has 0 unspecified atom stereocenters. The Morgan fingerprint density at radius 3 is 2.70 bits per heavy atom. The van der Waals surface area contributed by atoms with Crippen LogP contribution in [0.3, 0.4) is 0 Å². The highest BCUT2D eigenvalue weighted by Crippen LogP contribution is 2.28. The first-order valence-electron chi connectivity index (χ1n) is 9.18. The Bertz CT molecular complexity index is 736. The van der Waals surface area contributed by atoms with E-state index in [0.29, 0.717) is 24.7 Å². The van der Waals surface area contributed by atoms with Crippen LogP contribution in [0.25, 0.3) is 0 Å². The fraction of sp³-hybridized carbons (Fsp3) is 0.611. The topological polar surface area (TPSA) is 91.8 Å². The normalized spacial score (nSPS) is 14.9. The van der Waals surface area contributed by atoms with Crippen molar-refractivity contribution in [3.8, 4) is 0 Å². The van der Waals surface area contributed by atoms with E-state index in [4.69, 9.17) is 4.74 Å². The van der Waals surface area contributed by atoms with Gasteiger partial charge in [-0.25, -0.2) is 12.8 Å². The molecular formula is C18H29FN4O3S. The summed E-state index contributed by atoms with van der Waals surface area (Å²) in [6.07, 6.45) is 3.42. The van der Waals surface area contributed by atoms with Crippen molar-refractivity contribution in [1.29, 1.82) is 0 Å². The van der Waals surface area contributed by atoms with Gasteiger partial charge in [-0.05, 0) is 49.8 Å². The first-order valence-corrected chi connectivity index (χ1v) is 10.8. The van der Waals surface area contributed by atoms with Crippen LogP contribution in [0, 0.1) is 18.7 Å². The van der Waals surface area contributed by atoms with Crippen molar-refractivity contribution in [2.45, 2.75) is 26.2 Å². The molecule has 1 aromatic rings. The maximum absolute atomic E-state index is 13.5. The van der Waals surface area contributed by atoms with Crippen LogP contribution in [0.2, 0.25) is 0 Å². The van der Waals surface area contributed by atoms with Crippen LogP contribution in [0.15, 0.2) is 23.2 Å². The molecule has 2 rings (SSSR count). The summed E-state index contributed by atoms with van der Waals surface area (Å²) in [6.45, 7) is 4.05. The minimum Gasteiger partial charge on any atom is -0.381 e. The highest BCUT2D eigenvalue weighted by molar-refractivity contribution is 7.92. The van der Waals surface area contributed by atoms with Gasteiger partial charge in [-0.15, -0.1) is 0 Å². The number of rotatable bonds is 11. The highest BCUT2D eigenvalue weighted by Gasteiger charge is 2.20. The number of aryl methyl sites for hydroxylation is 1. The van der Waals surface area contributed by atoms with Gasteiger partial charge in [0.15, 0.2) is 5.96 Å². The van der Waals surface area contributed by atoms with Crippen LogP contribution in [0.5, 0.6) is 0 Å². The highest BCUT2D eigenvalue weighted by atomic mass is 32.2. The summed E-state index contributed by atoms with van der Waals surface area (Å²) in [5.74, 6) is 0.695. The first kappa shape index (κ1) is 21.4. The Hall–Kier alpha value is -1.87. The van der Waals surface area contributed by atoms with Crippen LogP contribution < -0.4 is 15.4 Å². The van der Waals surface area contributed by atoms with Gasteiger partial charge in [0.1, 0.15) is 5.82 Å². The lowest BCUT2D eigenvalue weighted by Crippen LogP contribution is -2.40. The van der Waals surface area contributed by atoms with Crippen molar-refractivity contribution >= 4 is 21.7 Å². The van der Waals surface area contributed by atoms with Crippen LogP contribution in [-0.2, 0) is 14.8 Å². The molecule has 1 saturated carbocycles. The molecule has 1 fully saturated rings. The number of aliphatic imine (C=N–C) groups is 1. The zero-order chi connectivity index (χ0) is 19.7. The Kier molecular flexibility index (Phi) is 8.30. The summed E-state index contributed by atoms with van der Waals surface area (Å²) in [6, 6.07) is 4.24. The molecule has 0 radical (unpaired) electrons. The molecule has 0 atom stereocenters. The summed E-state index contributed by atoms with van der Waals surface area (Å²) in [4.78, 5) is 4.06. The van der Waals surface area contributed by atoms with Crippen LogP contribution >= 0.6 is 0 Å². The van der Waals surface area contributed by atoms with Crippen molar-refractivity contribution < 1.29 is 17.5 Å². The molecule has 0 saturated heterocycles. The number of guanidine groups is 1. The maximum atomic E-state index is 13.5. The molecule has 0 aromatic heterocycles. The summed E-state index contributed by atoms with van der Waals surface area (Å²) in [5, 5.41) is 6.07. The first-order chi connectivity index (χ1) is 12.9. The summed E-state index contributed by atoms with van der Waals surface area (Å²) in [7, 11) is -1.96. The van der Waals surface area contributed by atoms with E-state index in [2.05, 4.69) is 20.3 Å². The molecule has 1 aliphatic carbocycles. The second-order valence-corrected chi connectivity index (χ2v) is 8.52. The predicted octanol–water partition coefficient (Wildman–Crippen LogP) is 1.86. The van der Waals surface area contributed by atoms with Crippen molar-refractivity contribution in [3.05, 3.63) is 29.6 Å². The van der Waals surface area contributed by atoms with Gasteiger partial charge in [-0.1, -0.05) is 6.07 Å². The van der Waals surface area contributed by atoms with Gasteiger partial charge in [0, 0.05) is 33.4 Å². The SMILES string of the molecule is CN=C(NCCCOCC1CC1)NCCS(=O)(=O)Nc1ccc(C)c(F)c1. The standard InChI is InChI=1S/C18H29FN4O3S/c1-14-4-7-16(12-17(14)19)23-27(24,25)11-9-22-18(20-2)21-8-3-10-26-13-15-5-6-15/h4,7,12,15,23H,3,5-6,8-11,13H2,1-2H3,(H2,20,21,22). The summed E-state index contributed by atoms with van der Waals surface area (Å²) >= 11 is 0. The molecule has 7 nitrogen and oxygen atoms in total. The average Bonchev–Trinajstić information content (AvgIpc) is 3.43. The number of hydrogen-bond donors (Lipinski definition) is 3. The lowest BCUT2D eigenvalue weighted by Gasteiger charge is -2.13. The molecule has 0 bridgehead atoms. The third kappa shape index (κ3) is 8.57. The van der Waals surface area contributed by atoms with Gasteiger partial charge in [0.05, 0.1) is 11.4 Å². The van der Waals surface area contributed by atoms with E-state index in [1.165, 1.54) is 31.0 Å². The Labute approximate surface area is 160 Å². The minimum absolute atomic E-state index is 0.159. The van der Waals surface area contributed by atoms with Crippen molar-refractivity contribution in [3.63, 3.8) is 0 Å². The minimum atomic E-state index is -3.58. The fourth-order valence-corrected chi connectivity index (χ4v) is 3.29. The van der Waals surface area contributed by atoms with E-state index in [9.17, 15) is 12.8 Å². The molecule has 3 N–H and O–H groups in total. The zero-order valence-corrected chi connectivity index (χ0v) is 16.7. The number of nitrogens with zero attached hydrogens (tertiary/aromatic N) is 1. The lowest BCUT2D eigenvalue weighted by molar-refractivity contribution is 0.123. The van der Waals surface area contributed by atoms with E-state index in [0.717, 1.165) is 18.9 Å². The second kappa shape index (κ2) is 10.5. The quantitative estimate of drug-likeness (QED) is 0.300. The molecular weight excluding hydrogens is 371 g/mol. The molecule has 9 heteroatoms. The molecule has 0 aliphatic heterocycles. The predicted molar refractivity (Wildman–Crippen MR) is 106 cm³/mol. The van der Waals surface area contributed by atoms with Gasteiger partial charge in [0.2, 0.25) is 10.0 Å². The monoisotopic (exact) mass is 400 g/mol. The number of sulfonamides is 1. The van der Waals surface area contributed by atoms with E-state index in [1.807, 2.05) is 0 Å². The van der Waals surface area contributed by atoms with E-state index >= 15 is 0 Å². The number of hydrogen-bond acceptors (Lipinski definition) is 4. The Balaban J connectivity index is 1.63. The van der Waals surface area contributed by atoms with Crippen LogP contribution in [-0.4, -0.2) is 53.5 Å². The number of benzene rings is 1. The van der Waals surface area contributed by atoms with Crippen molar-refractivity contribution in [2.75, 3.05) is 43.8 Å². The van der Waals surface area contributed by atoms with E-state index in [-0.39, 0.29) is 18.0 Å². The number of anilines is 1. The number of ether oxygens (including phenoxy) is 1. The zero-order valence-electron chi connectivity index (χ0n) is 15.9. The van der Waals surface area contributed by atoms with Crippen LogP contribution in [0.1, 0.15) is 24.8 Å². The second-order valence-electron chi connectivity index (χ2n) is 6.68. The molecule has 0 heterocycles. The van der Waals surface area contributed by atoms with Crippen molar-refractivity contribution in [1.82, 2.24) is 10.6 Å². The molecule has 0 amide bonds. The van der Waals surface area contributed by atoms with Gasteiger partial charge >= 0.3 is 0 Å². The van der Waals surface area contributed by atoms with Gasteiger partial charge in [-0.3, -0.25) is 9.71 Å². The molecule has 1 aromatic carbocycles. The maximum Gasteiger partial charge on any atom is 0.234 e. The smallest absolute Gasteiger partial charge is 0.234 e. The number of halogens is 1. The average molecular weight is 401 g/mol. The van der Waals surface area contributed by atoms with Gasteiger partial charge in [0.25, 0.3) is 0 Å². The number of nitrogens with one attached hydrogen (secondary N) is 3. The molecule has 152 valence electrons. The summed E-state index contributed by atoms with van der Waals surface area (Å²) < 4.78 is 45.7. The van der Waals surface area contributed by atoms with Gasteiger partial charge < -0.3 is 15.4 Å². The van der Waals surface area contributed by atoms with E-state index in [1.54, 1.807) is 14.0 Å². The van der Waals surface area contributed by atoms with Crippen LogP contribution in [0.4, 0.5) is 10.1 Å². The molecule has 27 heavy (non-hydrogen) atoms. The van der Waals surface area contributed by atoms with Gasteiger partial charge in [-0.2, -0.15) is 0 Å².